The number of benzene rings is 1. The van der Waals surface area contributed by atoms with Gasteiger partial charge in [-0.1, -0.05) is 6.42 Å². The number of sulfonamides is 1. The predicted molar refractivity (Wildman–Crippen MR) is 80.7 cm³/mol. The first-order chi connectivity index (χ1) is 9.42. The van der Waals surface area contributed by atoms with Crippen molar-refractivity contribution in [2.45, 2.75) is 41.9 Å². The maximum absolute atomic E-state index is 13.0. The molecule has 2 unspecified atom stereocenters. The Morgan fingerprint density at radius 1 is 1.40 bits per heavy atom. The minimum atomic E-state index is -3.69. The summed E-state index contributed by atoms with van der Waals surface area (Å²) in [5.41, 5.74) is 5.54. The lowest BCUT2D eigenvalue weighted by molar-refractivity contribution is 0.421. The van der Waals surface area contributed by atoms with Gasteiger partial charge in [0.1, 0.15) is 10.7 Å². The van der Waals surface area contributed by atoms with E-state index in [-0.39, 0.29) is 16.6 Å². The van der Waals surface area contributed by atoms with Crippen molar-refractivity contribution >= 4 is 27.5 Å². The number of rotatable bonds is 4. The van der Waals surface area contributed by atoms with Crippen molar-refractivity contribution in [2.24, 2.45) is 0 Å². The fourth-order valence-electron chi connectivity index (χ4n) is 2.51. The highest BCUT2D eigenvalue weighted by Crippen LogP contribution is 2.28. The second-order valence-electron chi connectivity index (χ2n) is 5.02. The molecule has 0 aliphatic heterocycles. The van der Waals surface area contributed by atoms with Crippen LogP contribution in [-0.4, -0.2) is 26.0 Å². The van der Waals surface area contributed by atoms with Gasteiger partial charge in [0, 0.05) is 11.3 Å². The molecule has 1 aromatic carbocycles. The van der Waals surface area contributed by atoms with E-state index in [2.05, 4.69) is 4.72 Å². The van der Waals surface area contributed by atoms with Crippen molar-refractivity contribution in [1.29, 1.82) is 0 Å². The Kier molecular flexibility index (Phi) is 4.93. The van der Waals surface area contributed by atoms with E-state index in [0.717, 1.165) is 37.8 Å². The highest BCUT2D eigenvalue weighted by Gasteiger charge is 2.27. The summed E-state index contributed by atoms with van der Waals surface area (Å²) in [5, 5.41) is 0.488. The van der Waals surface area contributed by atoms with Crippen LogP contribution in [0.5, 0.6) is 0 Å². The van der Waals surface area contributed by atoms with E-state index in [1.165, 1.54) is 6.07 Å². The maximum atomic E-state index is 13.0. The van der Waals surface area contributed by atoms with Gasteiger partial charge in [-0.05, 0) is 43.7 Å². The van der Waals surface area contributed by atoms with Gasteiger partial charge in [-0.25, -0.2) is 17.5 Å². The zero-order valence-corrected chi connectivity index (χ0v) is 12.9. The Hall–Kier alpha value is -0.790. The van der Waals surface area contributed by atoms with Gasteiger partial charge in [0.15, 0.2) is 0 Å². The molecular weight excluding hydrogens is 299 g/mol. The van der Waals surface area contributed by atoms with E-state index < -0.39 is 15.8 Å². The molecule has 0 spiro atoms. The largest absolute Gasteiger partial charge is 0.398 e. The third-order valence-corrected chi connectivity index (χ3v) is 6.23. The van der Waals surface area contributed by atoms with Gasteiger partial charge in [-0.3, -0.25) is 0 Å². The number of halogens is 1. The molecule has 2 atom stereocenters. The number of thioether (sulfide) groups is 1. The SMILES string of the molecule is CSC1CCCC(NS(=O)(=O)c2ccc(F)cc2N)C1. The summed E-state index contributed by atoms with van der Waals surface area (Å²) in [7, 11) is -3.69. The standard InChI is InChI=1S/C13H19FN2O2S2/c1-19-11-4-2-3-10(8-11)16-20(17,18)13-6-5-9(14)7-12(13)15/h5-7,10-11,16H,2-4,8,15H2,1H3. The van der Waals surface area contributed by atoms with Crippen LogP contribution in [0.25, 0.3) is 0 Å². The van der Waals surface area contributed by atoms with Gasteiger partial charge < -0.3 is 5.73 Å². The predicted octanol–water partition coefficient (Wildman–Crippen LogP) is 2.36. The second kappa shape index (κ2) is 6.32. The molecule has 1 fully saturated rings. The van der Waals surface area contributed by atoms with E-state index in [9.17, 15) is 12.8 Å². The minimum Gasteiger partial charge on any atom is -0.398 e. The average Bonchev–Trinajstić information content (AvgIpc) is 2.37. The Morgan fingerprint density at radius 2 is 2.15 bits per heavy atom. The number of nitrogen functional groups attached to an aromatic ring is 1. The lowest BCUT2D eigenvalue weighted by Gasteiger charge is -2.28. The molecule has 1 aliphatic rings. The second-order valence-corrected chi connectivity index (χ2v) is 7.85. The monoisotopic (exact) mass is 318 g/mol. The third-order valence-electron chi connectivity index (χ3n) is 3.54. The summed E-state index contributed by atoms with van der Waals surface area (Å²) in [4.78, 5) is -0.0508. The molecule has 2 rings (SSSR count). The minimum absolute atomic E-state index is 0.0508. The van der Waals surface area contributed by atoms with Gasteiger partial charge in [0.25, 0.3) is 0 Å². The number of hydrogen-bond donors (Lipinski definition) is 2. The van der Waals surface area contributed by atoms with Crippen LogP contribution in [0, 0.1) is 5.82 Å². The Bertz CT molecular complexity index is 578. The molecule has 0 radical (unpaired) electrons. The average molecular weight is 318 g/mol. The van der Waals surface area contributed by atoms with Crippen LogP contribution in [0.1, 0.15) is 25.7 Å². The van der Waals surface area contributed by atoms with Crippen molar-refractivity contribution in [1.82, 2.24) is 4.72 Å². The smallest absolute Gasteiger partial charge is 0.242 e. The van der Waals surface area contributed by atoms with Crippen LogP contribution in [0.15, 0.2) is 23.1 Å². The Morgan fingerprint density at radius 3 is 2.80 bits per heavy atom. The normalized spacial score (nSPS) is 23.7. The molecule has 0 aromatic heterocycles. The molecular formula is C13H19FN2O2S2. The first-order valence-electron chi connectivity index (χ1n) is 6.52. The molecule has 20 heavy (non-hydrogen) atoms. The fourth-order valence-corrected chi connectivity index (χ4v) is 4.74. The van der Waals surface area contributed by atoms with Crippen LogP contribution in [-0.2, 0) is 10.0 Å². The molecule has 1 aliphatic carbocycles. The molecule has 1 aromatic rings. The van der Waals surface area contributed by atoms with Crippen LogP contribution in [0.3, 0.4) is 0 Å². The summed E-state index contributed by atoms with van der Waals surface area (Å²) in [6, 6.07) is 3.27. The Balaban J connectivity index is 2.14. The van der Waals surface area contributed by atoms with Gasteiger partial charge in [-0.15, -0.1) is 0 Å². The fraction of sp³-hybridized carbons (Fsp3) is 0.538. The molecule has 0 heterocycles. The van der Waals surface area contributed by atoms with Gasteiger partial charge in [0.2, 0.25) is 10.0 Å². The summed E-state index contributed by atoms with van der Waals surface area (Å²) in [6.45, 7) is 0. The number of nitrogens with one attached hydrogen (secondary N) is 1. The summed E-state index contributed by atoms with van der Waals surface area (Å²) < 4.78 is 40.3. The zero-order valence-electron chi connectivity index (χ0n) is 11.3. The zero-order chi connectivity index (χ0) is 14.8. The molecule has 7 heteroatoms. The van der Waals surface area contributed by atoms with Gasteiger partial charge in [0.05, 0.1) is 5.69 Å². The van der Waals surface area contributed by atoms with Crippen molar-refractivity contribution in [3.05, 3.63) is 24.0 Å². The van der Waals surface area contributed by atoms with E-state index in [0.29, 0.717) is 5.25 Å². The van der Waals surface area contributed by atoms with Crippen LogP contribution in [0.2, 0.25) is 0 Å². The van der Waals surface area contributed by atoms with Gasteiger partial charge in [-0.2, -0.15) is 11.8 Å². The van der Waals surface area contributed by atoms with E-state index in [1.54, 1.807) is 11.8 Å². The van der Waals surface area contributed by atoms with E-state index >= 15 is 0 Å². The molecule has 0 saturated heterocycles. The molecule has 0 bridgehead atoms. The lowest BCUT2D eigenvalue weighted by atomic mass is 9.96. The summed E-state index contributed by atoms with van der Waals surface area (Å²) in [6.07, 6.45) is 5.83. The van der Waals surface area contributed by atoms with Gasteiger partial charge >= 0.3 is 0 Å². The van der Waals surface area contributed by atoms with Crippen LogP contribution < -0.4 is 10.5 Å². The highest BCUT2D eigenvalue weighted by atomic mass is 32.2. The first kappa shape index (κ1) is 15.6. The number of hydrogen-bond acceptors (Lipinski definition) is 4. The van der Waals surface area contributed by atoms with Crippen LogP contribution >= 0.6 is 11.8 Å². The molecule has 3 N–H and O–H groups in total. The van der Waals surface area contributed by atoms with E-state index in [4.69, 9.17) is 5.73 Å². The van der Waals surface area contributed by atoms with Crippen molar-refractivity contribution in [3.63, 3.8) is 0 Å². The first-order valence-corrected chi connectivity index (χ1v) is 9.29. The third kappa shape index (κ3) is 3.65. The quantitative estimate of drug-likeness (QED) is 0.836. The van der Waals surface area contributed by atoms with Crippen molar-refractivity contribution in [3.8, 4) is 0 Å². The van der Waals surface area contributed by atoms with Crippen molar-refractivity contribution < 1.29 is 12.8 Å². The summed E-state index contributed by atoms with van der Waals surface area (Å²) >= 11 is 1.77. The molecule has 1 saturated carbocycles. The summed E-state index contributed by atoms with van der Waals surface area (Å²) in [5.74, 6) is -0.540. The van der Waals surface area contributed by atoms with Crippen molar-refractivity contribution in [2.75, 3.05) is 12.0 Å². The van der Waals surface area contributed by atoms with Crippen LogP contribution in [0.4, 0.5) is 10.1 Å². The topological polar surface area (TPSA) is 72.2 Å². The maximum Gasteiger partial charge on any atom is 0.242 e. The Labute approximate surface area is 123 Å². The highest BCUT2D eigenvalue weighted by molar-refractivity contribution is 7.99. The lowest BCUT2D eigenvalue weighted by Crippen LogP contribution is -2.39. The number of anilines is 1. The van der Waals surface area contributed by atoms with E-state index in [1.807, 2.05) is 6.26 Å². The molecule has 4 nitrogen and oxygen atoms in total. The molecule has 0 amide bonds. The number of nitrogens with two attached hydrogens (primary N) is 1. The molecule has 112 valence electrons.